The number of allylic oxidation sites excluding steroid dienone is 6. The van der Waals surface area contributed by atoms with Crippen LogP contribution in [0.15, 0.2) is 89.0 Å². The maximum atomic E-state index is 5.13. The molecule has 0 radical (unpaired) electrons. The van der Waals surface area contributed by atoms with E-state index in [-0.39, 0.29) is 0 Å². The van der Waals surface area contributed by atoms with Gasteiger partial charge >= 0.3 is 0 Å². The molecule has 1 aromatic heterocycles. The molecule has 0 saturated carbocycles. The van der Waals surface area contributed by atoms with Crippen LogP contribution >= 0.6 is 0 Å². The van der Waals surface area contributed by atoms with E-state index in [0.29, 0.717) is 6.67 Å². The van der Waals surface area contributed by atoms with Gasteiger partial charge in [-0.1, -0.05) is 75.6 Å². The first kappa shape index (κ1) is 24.2. The molecule has 0 aliphatic heterocycles. The van der Waals surface area contributed by atoms with Gasteiger partial charge in [-0.25, -0.2) is 0 Å². The first-order valence-corrected chi connectivity index (χ1v) is 11.8. The molecule has 1 aliphatic carbocycles. The number of hydrogen-bond donors (Lipinski definition) is 0. The highest BCUT2D eigenvalue weighted by Gasteiger charge is 2.20. The second kappa shape index (κ2) is 12.0. The van der Waals surface area contributed by atoms with Gasteiger partial charge in [0.2, 0.25) is 0 Å². The zero-order valence-electron chi connectivity index (χ0n) is 20.1. The van der Waals surface area contributed by atoms with Crippen molar-refractivity contribution in [2.24, 2.45) is 9.98 Å². The molecular weight excluding hydrogens is 402 g/mol. The lowest BCUT2D eigenvalue weighted by molar-refractivity contribution is 0.719. The van der Waals surface area contributed by atoms with Crippen LogP contribution in [0.25, 0.3) is 12.2 Å². The molecule has 0 spiro atoms. The fourth-order valence-electron chi connectivity index (χ4n) is 4.55. The summed E-state index contributed by atoms with van der Waals surface area (Å²) in [6.07, 6.45) is 16.9. The molecule has 3 rings (SSSR count). The summed E-state index contributed by atoms with van der Waals surface area (Å²) in [4.78, 5) is 9.49. The van der Waals surface area contributed by atoms with Crippen LogP contribution in [0.4, 0.5) is 0 Å². The Kier molecular flexibility index (Phi) is 8.77. The second-order valence-corrected chi connectivity index (χ2v) is 8.03. The van der Waals surface area contributed by atoms with Gasteiger partial charge in [0.15, 0.2) is 0 Å². The molecular formula is C30H35N3. The number of aromatic nitrogens is 1. The third kappa shape index (κ3) is 5.48. The Balaban J connectivity index is 2.11. The standard InChI is InChI=1S/C30H35N3/c1-6-10-19-28(26(27(8-3)31-5)21-23-16-12-11-13-17-23)32-22-33-29(9-4)24(7-2)25-18-14-15-20-30(25)33/h6,9-13,15-17,19-20H,1,4-5,7-8,14,18,21-22H2,2-3H3/b19-10-,27-26-,32-28?. The lowest BCUT2D eigenvalue weighted by Crippen LogP contribution is -2.10. The highest BCUT2D eigenvalue weighted by molar-refractivity contribution is 6.09. The van der Waals surface area contributed by atoms with Crippen molar-refractivity contribution in [3.63, 3.8) is 0 Å². The Bertz CT molecular complexity index is 1120. The summed E-state index contributed by atoms with van der Waals surface area (Å²) < 4.78 is 2.30. The Labute approximate surface area is 199 Å². The normalized spacial score (nSPS) is 14.2. The number of aliphatic imine (C=N–C) groups is 2. The largest absolute Gasteiger partial charge is 0.321 e. The minimum Gasteiger partial charge on any atom is -0.321 e. The summed E-state index contributed by atoms with van der Waals surface area (Å²) in [6.45, 7) is 16.7. The van der Waals surface area contributed by atoms with Gasteiger partial charge in [0.05, 0.1) is 5.71 Å². The summed E-state index contributed by atoms with van der Waals surface area (Å²) >= 11 is 0. The zero-order chi connectivity index (χ0) is 23.6. The molecule has 2 aromatic rings. The molecule has 0 saturated heterocycles. The van der Waals surface area contributed by atoms with Crippen molar-refractivity contribution in [2.45, 2.75) is 52.6 Å². The van der Waals surface area contributed by atoms with E-state index in [2.05, 4.69) is 79.7 Å². The Morgan fingerprint density at radius 1 is 1.15 bits per heavy atom. The van der Waals surface area contributed by atoms with Gasteiger partial charge in [-0.15, -0.1) is 0 Å². The number of rotatable bonds is 11. The number of nitrogens with zero attached hydrogens (tertiary/aromatic N) is 3. The van der Waals surface area contributed by atoms with E-state index in [1.165, 1.54) is 28.1 Å². The van der Waals surface area contributed by atoms with Crippen LogP contribution in [-0.4, -0.2) is 17.0 Å². The van der Waals surface area contributed by atoms with Crippen LogP contribution in [0.5, 0.6) is 0 Å². The summed E-state index contributed by atoms with van der Waals surface area (Å²) in [5.41, 5.74) is 9.48. The van der Waals surface area contributed by atoms with Gasteiger partial charge in [-0.05, 0) is 67.3 Å². The highest BCUT2D eigenvalue weighted by Crippen LogP contribution is 2.30. The average Bonchev–Trinajstić information content (AvgIpc) is 3.17. The lowest BCUT2D eigenvalue weighted by atomic mass is 9.97. The summed E-state index contributed by atoms with van der Waals surface area (Å²) in [5, 5.41) is 0. The van der Waals surface area contributed by atoms with Gasteiger partial charge in [0.1, 0.15) is 6.67 Å². The van der Waals surface area contributed by atoms with E-state index < -0.39 is 0 Å². The quantitative estimate of drug-likeness (QED) is 0.259. The van der Waals surface area contributed by atoms with Crippen molar-refractivity contribution < 1.29 is 0 Å². The van der Waals surface area contributed by atoms with Gasteiger partial charge in [-0.2, -0.15) is 0 Å². The van der Waals surface area contributed by atoms with E-state index in [9.17, 15) is 0 Å². The van der Waals surface area contributed by atoms with Crippen LogP contribution in [0, 0.1) is 0 Å². The molecule has 0 N–H and O–H groups in total. The maximum absolute atomic E-state index is 5.13. The fourth-order valence-corrected chi connectivity index (χ4v) is 4.55. The number of hydrogen-bond acceptors (Lipinski definition) is 2. The summed E-state index contributed by atoms with van der Waals surface area (Å²) in [6, 6.07) is 10.5. The van der Waals surface area contributed by atoms with Crippen molar-refractivity contribution in [3.05, 3.63) is 107 Å². The van der Waals surface area contributed by atoms with Crippen LogP contribution in [0.1, 0.15) is 54.8 Å². The van der Waals surface area contributed by atoms with Crippen LogP contribution in [-0.2, 0) is 25.9 Å². The van der Waals surface area contributed by atoms with Gasteiger partial charge in [0, 0.05) is 29.1 Å². The van der Waals surface area contributed by atoms with Gasteiger partial charge in [-0.3, -0.25) is 9.98 Å². The predicted molar refractivity (Wildman–Crippen MR) is 145 cm³/mol. The van der Waals surface area contributed by atoms with Crippen LogP contribution in [0.3, 0.4) is 0 Å². The Hall–Kier alpha value is -3.46. The van der Waals surface area contributed by atoms with Crippen LogP contribution < -0.4 is 0 Å². The Morgan fingerprint density at radius 2 is 1.94 bits per heavy atom. The molecule has 0 fully saturated rings. The van der Waals surface area contributed by atoms with Crippen molar-refractivity contribution in [2.75, 3.05) is 0 Å². The molecule has 3 heteroatoms. The molecule has 0 unspecified atom stereocenters. The van der Waals surface area contributed by atoms with E-state index in [4.69, 9.17) is 4.99 Å². The molecule has 3 nitrogen and oxygen atoms in total. The average molecular weight is 438 g/mol. The summed E-state index contributed by atoms with van der Waals surface area (Å²) in [5.74, 6) is 0. The number of fused-ring (bicyclic) bond motifs is 1. The minimum absolute atomic E-state index is 0.525. The van der Waals surface area contributed by atoms with Crippen molar-refractivity contribution >= 4 is 24.6 Å². The highest BCUT2D eigenvalue weighted by atomic mass is 15.1. The van der Waals surface area contributed by atoms with E-state index in [1.807, 2.05) is 24.3 Å². The zero-order valence-corrected chi connectivity index (χ0v) is 20.1. The first-order valence-electron chi connectivity index (χ1n) is 11.8. The van der Waals surface area contributed by atoms with E-state index >= 15 is 0 Å². The lowest BCUT2D eigenvalue weighted by Gasteiger charge is -2.15. The second-order valence-electron chi connectivity index (χ2n) is 8.03. The SMILES string of the molecule is C=C/C=C\C(=NCn1c(C=C)c(CC)c2c1C=CCC2)/C(Cc1ccccc1)=C(/CC)N=C. The molecule has 0 amide bonds. The number of benzene rings is 1. The van der Waals surface area contributed by atoms with Gasteiger partial charge in [0.25, 0.3) is 0 Å². The molecule has 0 atom stereocenters. The van der Waals surface area contributed by atoms with Crippen LogP contribution in [0.2, 0.25) is 0 Å². The smallest absolute Gasteiger partial charge is 0.115 e. The van der Waals surface area contributed by atoms with E-state index in [1.54, 1.807) is 6.08 Å². The predicted octanol–water partition coefficient (Wildman–Crippen LogP) is 7.40. The third-order valence-corrected chi connectivity index (χ3v) is 6.13. The molecule has 1 heterocycles. The minimum atomic E-state index is 0.525. The van der Waals surface area contributed by atoms with Crippen molar-refractivity contribution in [1.82, 2.24) is 4.57 Å². The monoisotopic (exact) mass is 437 g/mol. The first-order chi connectivity index (χ1) is 16.2. The third-order valence-electron chi connectivity index (χ3n) is 6.13. The molecule has 33 heavy (non-hydrogen) atoms. The fraction of sp³-hybridized carbons (Fsp3) is 0.267. The summed E-state index contributed by atoms with van der Waals surface area (Å²) in [7, 11) is 0. The van der Waals surface area contributed by atoms with Crippen molar-refractivity contribution in [3.8, 4) is 0 Å². The molecule has 1 aliphatic rings. The van der Waals surface area contributed by atoms with E-state index in [0.717, 1.165) is 49.1 Å². The van der Waals surface area contributed by atoms with Gasteiger partial charge < -0.3 is 4.57 Å². The molecule has 1 aromatic carbocycles. The Morgan fingerprint density at radius 3 is 2.58 bits per heavy atom. The van der Waals surface area contributed by atoms with Crippen molar-refractivity contribution in [1.29, 1.82) is 0 Å². The molecule has 0 bridgehead atoms. The topological polar surface area (TPSA) is 29.6 Å². The maximum Gasteiger partial charge on any atom is 0.115 e. The molecule has 170 valence electrons.